The van der Waals surface area contributed by atoms with Crippen molar-refractivity contribution in [1.29, 1.82) is 0 Å². The van der Waals surface area contributed by atoms with Gasteiger partial charge in [0.15, 0.2) is 5.79 Å². The average Bonchev–Trinajstić information content (AvgIpc) is 2.73. The third-order valence-corrected chi connectivity index (χ3v) is 6.21. The van der Waals surface area contributed by atoms with Crippen LogP contribution < -0.4 is 0 Å². The predicted molar refractivity (Wildman–Crippen MR) is 120 cm³/mol. The maximum absolute atomic E-state index is 6.14. The lowest BCUT2D eigenvalue weighted by Crippen LogP contribution is -2.43. The van der Waals surface area contributed by atoms with E-state index in [-0.39, 0.29) is 12.2 Å². The number of hydrogen-bond donors (Lipinski definition) is 0. The van der Waals surface area contributed by atoms with Gasteiger partial charge in [-0.3, -0.25) is 4.98 Å². The smallest absolute Gasteiger partial charge is 0.163 e. The summed E-state index contributed by atoms with van der Waals surface area (Å²) in [6.45, 7) is 6.14. The summed E-state index contributed by atoms with van der Waals surface area (Å²) in [5, 5.41) is 1.17. The average molecular weight is 406 g/mol. The van der Waals surface area contributed by atoms with E-state index in [0.29, 0.717) is 0 Å². The number of benzene rings is 2. The van der Waals surface area contributed by atoms with Crippen LogP contribution in [0.25, 0.3) is 17.0 Å². The molecule has 1 aromatic heterocycles. The van der Waals surface area contributed by atoms with Crippen molar-refractivity contribution in [3.63, 3.8) is 0 Å². The molecule has 0 bridgehead atoms. The lowest BCUT2D eigenvalue weighted by Gasteiger charge is -2.39. The molecule has 1 aliphatic rings. The molecule has 0 aliphatic carbocycles. The quantitative estimate of drug-likeness (QED) is 0.471. The molecule has 4 heteroatoms. The summed E-state index contributed by atoms with van der Waals surface area (Å²) >= 11 is 1.78. The van der Waals surface area contributed by atoms with Gasteiger partial charge in [0.2, 0.25) is 0 Å². The molecule has 0 N–H and O–H groups in total. The van der Waals surface area contributed by atoms with Crippen molar-refractivity contribution in [3.8, 4) is 0 Å². The second-order valence-corrected chi connectivity index (χ2v) is 8.86. The van der Waals surface area contributed by atoms with E-state index in [4.69, 9.17) is 9.47 Å². The molecule has 0 radical (unpaired) electrons. The van der Waals surface area contributed by atoms with E-state index in [0.717, 1.165) is 23.9 Å². The second-order valence-electron chi connectivity index (χ2n) is 7.77. The highest BCUT2D eigenvalue weighted by molar-refractivity contribution is 7.99. The van der Waals surface area contributed by atoms with Gasteiger partial charge in [-0.05, 0) is 38.5 Å². The van der Waals surface area contributed by atoms with Gasteiger partial charge in [0.25, 0.3) is 0 Å². The van der Waals surface area contributed by atoms with Crippen LogP contribution in [0, 0.1) is 0 Å². The van der Waals surface area contributed by atoms with Crippen molar-refractivity contribution in [2.24, 2.45) is 0 Å². The molecule has 3 aromatic rings. The molecular formula is C25H27NO2S. The van der Waals surface area contributed by atoms with Crippen molar-refractivity contribution >= 4 is 28.7 Å². The van der Waals surface area contributed by atoms with Crippen molar-refractivity contribution in [2.75, 3.05) is 0 Å². The Morgan fingerprint density at radius 2 is 1.83 bits per heavy atom. The third-order valence-electron chi connectivity index (χ3n) is 5.04. The normalized spacial score (nSPS) is 21.6. The summed E-state index contributed by atoms with van der Waals surface area (Å²) in [6.07, 6.45) is 8.40. The number of para-hydroxylation sites is 1. The molecule has 1 saturated heterocycles. The molecule has 150 valence electrons. The molecule has 3 nitrogen and oxygen atoms in total. The number of pyridine rings is 1. The van der Waals surface area contributed by atoms with Crippen LogP contribution in [0.15, 0.2) is 76.7 Å². The summed E-state index contributed by atoms with van der Waals surface area (Å²) in [7, 11) is 0. The Bertz CT molecular complexity index is 1000. The minimum atomic E-state index is -0.558. The minimum absolute atomic E-state index is 0.0322. The van der Waals surface area contributed by atoms with Crippen molar-refractivity contribution in [3.05, 3.63) is 72.4 Å². The molecule has 1 fully saturated rings. The number of ether oxygens (including phenoxy) is 2. The Labute approximate surface area is 177 Å². The molecule has 29 heavy (non-hydrogen) atoms. The van der Waals surface area contributed by atoms with Crippen LogP contribution in [0.2, 0.25) is 0 Å². The molecule has 0 spiro atoms. The van der Waals surface area contributed by atoms with Crippen molar-refractivity contribution in [1.82, 2.24) is 4.98 Å². The van der Waals surface area contributed by atoms with E-state index in [2.05, 4.69) is 66.5 Å². The first-order chi connectivity index (χ1) is 14.0. The van der Waals surface area contributed by atoms with Gasteiger partial charge in [-0.15, -0.1) is 0 Å². The number of rotatable bonds is 5. The summed E-state index contributed by atoms with van der Waals surface area (Å²) in [5.74, 6) is -0.558. The minimum Gasteiger partial charge on any atom is -0.347 e. The number of nitrogens with zero attached hydrogens (tertiary/aromatic N) is 1. The van der Waals surface area contributed by atoms with Crippen LogP contribution in [0.5, 0.6) is 0 Å². The molecule has 2 atom stereocenters. The largest absolute Gasteiger partial charge is 0.347 e. The van der Waals surface area contributed by atoms with Gasteiger partial charge < -0.3 is 9.47 Å². The van der Waals surface area contributed by atoms with E-state index in [1.807, 2.05) is 32.2 Å². The number of fused-ring (bicyclic) bond motifs is 1. The van der Waals surface area contributed by atoms with Crippen LogP contribution >= 0.6 is 11.8 Å². The first-order valence-corrected chi connectivity index (χ1v) is 11.0. The zero-order valence-electron chi connectivity index (χ0n) is 17.2. The monoisotopic (exact) mass is 405 g/mol. The van der Waals surface area contributed by atoms with Gasteiger partial charge in [-0.2, -0.15) is 0 Å². The number of hydrogen-bond acceptors (Lipinski definition) is 4. The van der Waals surface area contributed by atoms with Crippen molar-refractivity contribution in [2.45, 2.75) is 61.4 Å². The fourth-order valence-electron chi connectivity index (χ4n) is 3.70. The molecule has 2 heterocycles. The molecule has 0 saturated carbocycles. The lowest BCUT2D eigenvalue weighted by molar-refractivity contribution is -0.290. The molecule has 2 aromatic carbocycles. The van der Waals surface area contributed by atoms with E-state index >= 15 is 0 Å². The lowest BCUT2D eigenvalue weighted by atomic mass is 10.0. The molecule has 4 rings (SSSR count). The predicted octanol–water partition coefficient (Wildman–Crippen LogP) is 6.72. The van der Waals surface area contributed by atoms with Gasteiger partial charge in [-0.25, -0.2) is 0 Å². The summed E-state index contributed by atoms with van der Waals surface area (Å²) in [5.41, 5.74) is 2.12. The SMILES string of the molecule is CC[C@H]1C[C@@H](/C=C/c2cnc3ccccc3c2Sc2ccccc2)OC(C)(C)O1. The van der Waals surface area contributed by atoms with E-state index in [9.17, 15) is 0 Å². The second kappa shape index (κ2) is 8.70. The maximum Gasteiger partial charge on any atom is 0.163 e. The fraction of sp³-hybridized carbons (Fsp3) is 0.320. The van der Waals surface area contributed by atoms with Crippen LogP contribution in [0.3, 0.4) is 0 Å². The van der Waals surface area contributed by atoms with E-state index in [1.165, 1.54) is 15.2 Å². The molecular weight excluding hydrogens is 378 g/mol. The van der Waals surface area contributed by atoms with Crippen LogP contribution in [-0.2, 0) is 9.47 Å². The highest BCUT2D eigenvalue weighted by Crippen LogP contribution is 2.36. The zero-order valence-corrected chi connectivity index (χ0v) is 18.0. The van der Waals surface area contributed by atoms with Crippen LogP contribution in [0.1, 0.15) is 39.2 Å². The first kappa shape index (κ1) is 20.1. The van der Waals surface area contributed by atoms with Crippen LogP contribution in [-0.4, -0.2) is 23.0 Å². The summed E-state index contributed by atoms with van der Waals surface area (Å²) in [6, 6.07) is 18.8. The zero-order chi connectivity index (χ0) is 20.3. The maximum atomic E-state index is 6.14. The first-order valence-electron chi connectivity index (χ1n) is 10.2. The Balaban J connectivity index is 1.68. The van der Waals surface area contributed by atoms with Crippen molar-refractivity contribution < 1.29 is 9.47 Å². The fourth-order valence-corrected chi connectivity index (χ4v) is 4.75. The Kier molecular flexibility index (Phi) is 6.04. The standard InChI is InChI=1S/C25H27NO2S/c1-4-19-16-20(28-25(2,3)27-19)15-14-18-17-26-23-13-9-8-12-22(23)24(18)29-21-10-6-5-7-11-21/h5-15,17,19-20H,4,16H2,1-3H3/b15-14+/t19-,20+/m0/s1. The van der Waals surface area contributed by atoms with Gasteiger partial charge >= 0.3 is 0 Å². The van der Waals surface area contributed by atoms with Gasteiger partial charge in [0, 0.05) is 33.4 Å². The third kappa shape index (κ3) is 4.89. The Hall–Kier alpha value is -2.14. The topological polar surface area (TPSA) is 31.4 Å². The Morgan fingerprint density at radius 1 is 1.07 bits per heavy atom. The Morgan fingerprint density at radius 3 is 2.62 bits per heavy atom. The molecule has 1 aliphatic heterocycles. The highest BCUT2D eigenvalue weighted by Gasteiger charge is 2.33. The highest BCUT2D eigenvalue weighted by atomic mass is 32.2. The van der Waals surface area contributed by atoms with Crippen LogP contribution in [0.4, 0.5) is 0 Å². The molecule has 0 unspecified atom stereocenters. The molecule has 0 amide bonds. The summed E-state index contributed by atoms with van der Waals surface area (Å²) < 4.78 is 12.1. The summed E-state index contributed by atoms with van der Waals surface area (Å²) in [4.78, 5) is 7.11. The van der Waals surface area contributed by atoms with E-state index < -0.39 is 5.79 Å². The van der Waals surface area contributed by atoms with Gasteiger partial charge in [0.05, 0.1) is 17.7 Å². The number of aromatic nitrogens is 1. The van der Waals surface area contributed by atoms with E-state index in [1.54, 1.807) is 11.8 Å². The van der Waals surface area contributed by atoms with Gasteiger partial charge in [-0.1, -0.05) is 67.2 Å². The van der Waals surface area contributed by atoms with Gasteiger partial charge in [0.1, 0.15) is 0 Å².